The predicted molar refractivity (Wildman–Crippen MR) is 61.5 cm³/mol. The van der Waals surface area contributed by atoms with Gasteiger partial charge < -0.3 is 14.8 Å². The molecule has 1 unspecified atom stereocenters. The first-order valence-electron chi connectivity index (χ1n) is 5.66. The zero-order chi connectivity index (χ0) is 12.9. The third-order valence-corrected chi connectivity index (χ3v) is 2.80. The number of nitrogens with one attached hydrogen (secondary N) is 2. The molecule has 0 aromatic heterocycles. The average Bonchev–Trinajstić information content (AvgIpc) is 2.29. The smallest absolute Gasteiger partial charge is 0.324 e. The van der Waals surface area contributed by atoms with Gasteiger partial charge in [-0.15, -0.1) is 0 Å². The normalized spacial score (nSPS) is 20.9. The second-order valence-electron chi connectivity index (χ2n) is 4.62. The third kappa shape index (κ3) is 4.70. The van der Waals surface area contributed by atoms with Gasteiger partial charge in [-0.2, -0.15) is 0 Å². The first kappa shape index (κ1) is 13.9. The van der Waals surface area contributed by atoms with Gasteiger partial charge in [0.15, 0.2) is 0 Å². The quantitative estimate of drug-likeness (QED) is 0.634. The Morgan fingerprint density at radius 3 is 2.76 bits per heavy atom. The van der Waals surface area contributed by atoms with Gasteiger partial charge >= 0.3 is 5.97 Å². The number of ether oxygens (including phenoxy) is 2. The second kappa shape index (κ2) is 5.97. The summed E-state index contributed by atoms with van der Waals surface area (Å²) in [6.07, 6.45) is 0.633. The molecule has 0 radical (unpaired) electrons. The third-order valence-electron chi connectivity index (χ3n) is 2.80. The number of hydrogen-bond acceptors (Lipinski definition) is 5. The van der Waals surface area contributed by atoms with Gasteiger partial charge in [0.2, 0.25) is 5.91 Å². The van der Waals surface area contributed by atoms with Crippen LogP contribution in [0.3, 0.4) is 0 Å². The van der Waals surface area contributed by atoms with Gasteiger partial charge in [-0.25, -0.2) is 0 Å². The first-order valence-corrected chi connectivity index (χ1v) is 5.66. The van der Waals surface area contributed by atoms with E-state index in [4.69, 9.17) is 9.47 Å². The maximum Gasteiger partial charge on any atom is 0.324 e. The van der Waals surface area contributed by atoms with Crippen molar-refractivity contribution in [3.63, 3.8) is 0 Å². The highest BCUT2D eigenvalue weighted by atomic mass is 16.5. The summed E-state index contributed by atoms with van der Waals surface area (Å²) in [5, 5.41) is 5.42. The number of rotatable bonds is 5. The molecule has 6 heteroatoms. The minimum atomic E-state index is -0.446. The van der Waals surface area contributed by atoms with Crippen LogP contribution in [0.5, 0.6) is 0 Å². The molecule has 0 aromatic carbocycles. The van der Waals surface area contributed by atoms with Crippen LogP contribution in [0.15, 0.2) is 0 Å². The molecule has 0 spiro atoms. The lowest BCUT2D eigenvalue weighted by Gasteiger charge is -2.25. The minimum absolute atomic E-state index is 0.102. The number of carbonyl (C=O) groups is 2. The molecule has 1 aliphatic rings. The molecular weight excluding hydrogens is 224 g/mol. The van der Waals surface area contributed by atoms with Gasteiger partial charge in [0.25, 0.3) is 0 Å². The van der Waals surface area contributed by atoms with Crippen LogP contribution in [0.4, 0.5) is 0 Å². The lowest BCUT2D eigenvalue weighted by Crippen LogP contribution is -2.55. The predicted octanol–water partition coefficient (Wildman–Crippen LogP) is -0.567. The minimum Gasteiger partial charge on any atom is -0.464 e. The maximum absolute atomic E-state index is 11.6. The fraction of sp³-hybridized carbons (Fsp3) is 0.818. The number of amides is 1. The average molecular weight is 244 g/mol. The van der Waals surface area contributed by atoms with Crippen LogP contribution in [0, 0.1) is 0 Å². The SMILES string of the molecule is COC(C)(C)CCOC(=O)C1CNC(=O)CN1. The van der Waals surface area contributed by atoms with E-state index in [2.05, 4.69) is 10.6 Å². The Morgan fingerprint density at radius 2 is 2.24 bits per heavy atom. The lowest BCUT2D eigenvalue weighted by atomic mass is 10.1. The van der Waals surface area contributed by atoms with E-state index in [1.807, 2.05) is 13.8 Å². The van der Waals surface area contributed by atoms with Gasteiger partial charge in [0, 0.05) is 20.1 Å². The fourth-order valence-electron chi connectivity index (χ4n) is 1.33. The molecule has 17 heavy (non-hydrogen) atoms. The number of piperazine rings is 1. The summed E-state index contributed by atoms with van der Waals surface area (Å²) in [5.74, 6) is -0.438. The van der Waals surface area contributed by atoms with E-state index in [-0.39, 0.29) is 30.6 Å². The van der Waals surface area contributed by atoms with Gasteiger partial charge in [0.05, 0.1) is 18.8 Å². The molecule has 1 amide bonds. The maximum atomic E-state index is 11.6. The van der Waals surface area contributed by atoms with Crippen molar-refractivity contribution in [2.24, 2.45) is 0 Å². The summed E-state index contributed by atoms with van der Waals surface area (Å²) in [4.78, 5) is 22.5. The van der Waals surface area contributed by atoms with Crippen LogP contribution in [-0.2, 0) is 19.1 Å². The summed E-state index contributed by atoms with van der Waals surface area (Å²) >= 11 is 0. The van der Waals surface area contributed by atoms with E-state index >= 15 is 0 Å². The number of methoxy groups -OCH3 is 1. The molecule has 0 bridgehead atoms. The van der Waals surface area contributed by atoms with Crippen LogP contribution >= 0.6 is 0 Å². The highest BCUT2D eigenvalue weighted by Gasteiger charge is 2.25. The Kier molecular flexibility index (Phi) is 4.89. The van der Waals surface area contributed by atoms with E-state index in [0.29, 0.717) is 13.0 Å². The molecule has 0 aromatic rings. The number of carbonyl (C=O) groups excluding carboxylic acids is 2. The Labute approximate surface area is 101 Å². The highest BCUT2D eigenvalue weighted by Crippen LogP contribution is 2.12. The van der Waals surface area contributed by atoms with Crippen molar-refractivity contribution >= 4 is 11.9 Å². The molecule has 1 rings (SSSR count). The van der Waals surface area contributed by atoms with Gasteiger partial charge in [-0.1, -0.05) is 0 Å². The summed E-state index contributed by atoms with van der Waals surface area (Å²) in [6.45, 7) is 4.61. The molecule has 6 nitrogen and oxygen atoms in total. The van der Waals surface area contributed by atoms with Crippen LogP contribution in [0.25, 0.3) is 0 Å². The Balaban J connectivity index is 2.23. The topological polar surface area (TPSA) is 76.7 Å². The van der Waals surface area contributed by atoms with Crippen molar-refractivity contribution in [1.82, 2.24) is 10.6 Å². The van der Waals surface area contributed by atoms with Crippen LogP contribution in [-0.4, -0.2) is 50.3 Å². The van der Waals surface area contributed by atoms with E-state index in [0.717, 1.165) is 0 Å². The molecule has 1 fully saturated rings. The Hall–Kier alpha value is -1.14. The lowest BCUT2D eigenvalue weighted by molar-refractivity contribution is -0.148. The van der Waals surface area contributed by atoms with Gasteiger partial charge in [-0.05, 0) is 13.8 Å². The molecule has 1 aliphatic heterocycles. The fourth-order valence-corrected chi connectivity index (χ4v) is 1.33. The molecule has 0 saturated carbocycles. The Morgan fingerprint density at radius 1 is 1.53 bits per heavy atom. The van der Waals surface area contributed by atoms with E-state index < -0.39 is 6.04 Å². The molecule has 98 valence electrons. The summed E-state index contributed by atoms with van der Waals surface area (Å²) < 4.78 is 10.3. The standard InChI is InChI=1S/C11H20N2O4/c1-11(2,16-3)4-5-17-10(15)8-6-13-9(14)7-12-8/h8,12H,4-7H2,1-3H3,(H,13,14). The second-order valence-corrected chi connectivity index (χ2v) is 4.62. The Bertz CT molecular complexity index is 281. The monoisotopic (exact) mass is 244 g/mol. The molecule has 1 heterocycles. The van der Waals surface area contributed by atoms with Crippen LogP contribution < -0.4 is 10.6 Å². The summed E-state index contributed by atoms with van der Waals surface area (Å²) in [5.41, 5.74) is -0.297. The molecule has 1 saturated heterocycles. The number of hydrogen-bond donors (Lipinski definition) is 2. The zero-order valence-corrected chi connectivity index (χ0v) is 10.5. The van der Waals surface area contributed by atoms with Crippen LogP contribution in [0.2, 0.25) is 0 Å². The van der Waals surface area contributed by atoms with Crippen molar-refractivity contribution in [2.75, 3.05) is 26.8 Å². The first-order chi connectivity index (χ1) is 7.94. The highest BCUT2D eigenvalue weighted by molar-refractivity contribution is 5.83. The van der Waals surface area contributed by atoms with Crippen molar-refractivity contribution in [2.45, 2.75) is 31.9 Å². The van der Waals surface area contributed by atoms with Crippen molar-refractivity contribution in [3.8, 4) is 0 Å². The molecule has 1 atom stereocenters. The van der Waals surface area contributed by atoms with E-state index in [1.54, 1.807) is 7.11 Å². The van der Waals surface area contributed by atoms with E-state index in [9.17, 15) is 9.59 Å². The van der Waals surface area contributed by atoms with Gasteiger partial charge in [0.1, 0.15) is 6.04 Å². The van der Waals surface area contributed by atoms with Crippen LogP contribution in [0.1, 0.15) is 20.3 Å². The number of esters is 1. The zero-order valence-electron chi connectivity index (χ0n) is 10.5. The molecule has 0 aliphatic carbocycles. The van der Waals surface area contributed by atoms with Crippen molar-refractivity contribution in [3.05, 3.63) is 0 Å². The molecular formula is C11H20N2O4. The largest absolute Gasteiger partial charge is 0.464 e. The van der Waals surface area contributed by atoms with Gasteiger partial charge in [-0.3, -0.25) is 14.9 Å². The van der Waals surface area contributed by atoms with E-state index in [1.165, 1.54) is 0 Å². The molecule has 2 N–H and O–H groups in total. The summed E-state index contributed by atoms with van der Waals surface area (Å²) in [7, 11) is 1.63. The summed E-state index contributed by atoms with van der Waals surface area (Å²) in [6, 6.07) is -0.446. The van der Waals surface area contributed by atoms with Crippen molar-refractivity contribution in [1.29, 1.82) is 0 Å². The van der Waals surface area contributed by atoms with Crippen molar-refractivity contribution < 1.29 is 19.1 Å².